The fraction of sp³-hybridized carbons (Fsp3) is 0.364. The van der Waals surface area contributed by atoms with Crippen LogP contribution >= 0.6 is 0 Å². The number of nitrogen functional groups attached to an aromatic ring is 1. The smallest absolute Gasteiger partial charge is 0.216 e. The second-order valence-electron chi connectivity index (χ2n) is 3.50. The number of halogens is 1. The number of anilines is 2. The third-order valence-electron chi connectivity index (χ3n) is 2.06. The van der Waals surface area contributed by atoms with Crippen molar-refractivity contribution in [2.75, 3.05) is 24.1 Å². The number of hydrogen-bond acceptors (Lipinski definition) is 3. The van der Waals surface area contributed by atoms with Crippen molar-refractivity contribution in [2.45, 2.75) is 13.3 Å². The van der Waals surface area contributed by atoms with E-state index in [9.17, 15) is 9.18 Å². The second-order valence-corrected chi connectivity index (χ2v) is 3.50. The summed E-state index contributed by atoms with van der Waals surface area (Å²) in [6.45, 7) is 2.76. The molecule has 4 N–H and O–H groups in total. The summed E-state index contributed by atoms with van der Waals surface area (Å²) >= 11 is 0. The molecule has 1 rings (SSSR count). The fourth-order valence-electron chi connectivity index (χ4n) is 1.22. The zero-order valence-electron chi connectivity index (χ0n) is 9.22. The molecule has 1 aromatic carbocycles. The summed E-state index contributed by atoms with van der Waals surface area (Å²) in [5, 5.41) is 5.72. The molecule has 0 bridgehead atoms. The Labute approximate surface area is 94.0 Å². The van der Waals surface area contributed by atoms with Crippen LogP contribution in [0.25, 0.3) is 0 Å². The predicted molar refractivity (Wildman–Crippen MR) is 62.6 cm³/mol. The van der Waals surface area contributed by atoms with Crippen LogP contribution in [-0.4, -0.2) is 19.0 Å². The SMILES string of the molecule is CC(=O)NCCCNc1ccc(N)c(F)c1. The van der Waals surface area contributed by atoms with Crippen molar-refractivity contribution in [3.63, 3.8) is 0 Å². The highest BCUT2D eigenvalue weighted by atomic mass is 19.1. The average Bonchev–Trinajstić information content (AvgIpc) is 2.22. The van der Waals surface area contributed by atoms with Crippen molar-refractivity contribution in [1.29, 1.82) is 0 Å². The molecule has 4 nitrogen and oxygen atoms in total. The van der Waals surface area contributed by atoms with Crippen molar-refractivity contribution in [3.8, 4) is 0 Å². The fourth-order valence-corrected chi connectivity index (χ4v) is 1.22. The minimum absolute atomic E-state index is 0.0430. The summed E-state index contributed by atoms with van der Waals surface area (Å²) in [7, 11) is 0. The van der Waals surface area contributed by atoms with Gasteiger partial charge in [0.25, 0.3) is 0 Å². The van der Waals surface area contributed by atoms with Crippen LogP contribution in [0.3, 0.4) is 0 Å². The zero-order valence-corrected chi connectivity index (χ0v) is 9.22. The predicted octanol–water partition coefficient (Wildman–Crippen LogP) is 1.35. The summed E-state index contributed by atoms with van der Waals surface area (Å²) in [6.07, 6.45) is 0.783. The van der Waals surface area contributed by atoms with Gasteiger partial charge in [0.1, 0.15) is 5.82 Å². The Kier molecular flexibility index (Phi) is 4.57. The molecule has 0 saturated heterocycles. The molecular formula is C11H16FN3O. The van der Waals surface area contributed by atoms with Gasteiger partial charge in [0.2, 0.25) is 5.91 Å². The molecule has 0 aliphatic heterocycles. The van der Waals surface area contributed by atoms with Crippen LogP contribution in [0.2, 0.25) is 0 Å². The first-order valence-corrected chi connectivity index (χ1v) is 5.13. The van der Waals surface area contributed by atoms with Crippen LogP contribution in [-0.2, 0) is 4.79 Å². The van der Waals surface area contributed by atoms with Gasteiger partial charge in [0, 0.05) is 25.7 Å². The minimum atomic E-state index is -0.424. The highest BCUT2D eigenvalue weighted by molar-refractivity contribution is 5.72. The molecule has 0 aliphatic carbocycles. The molecule has 0 saturated carbocycles. The minimum Gasteiger partial charge on any atom is -0.396 e. The summed E-state index contributed by atoms with van der Waals surface area (Å²) in [4.78, 5) is 10.6. The van der Waals surface area contributed by atoms with Gasteiger partial charge in [-0.15, -0.1) is 0 Å². The second kappa shape index (κ2) is 5.95. The molecule has 0 radical (unpaired) electrons. The lowest BCUT2D eigenvalue weighted by molar-refractivity contribution is -0.118. The van der Waals surface area contributed by atoms with Crippen molar-refractivity contribution in [3.05, 3.63) is 24.0 Å². The lowest BCUT2D eigenvalue weighted by Gasteiger charge is -2.07. The summed E-state index contributed by atoms with van der Waals surface area (Å²) in [5.74, 6) is -0.467. The monoisotopic (exact) mass is 225 g/mol. The lowest BCUT2D eigenvalue weighted by atomic mass is 10.2. The van der Waals surface area contributed by atoms with Gasteiger partial charge in [-0.2, -0.15) is 0 Å². The standard InChI is InChI=1S/C11H16FN3O/c1-8(16)14-5-2-6-15-9-3-4-11(13)10(12)7-9/h3-4,7,15H,2,5-6,13H2,1H3,(H,14,16). The van der Waals surface area contributed by atoms with Crippen LogP contribution < -0.4 is 16.4 Å². The van der Waals surface area contributed by atoms with E-state index in [1.807, 2.05) is 0 Å². The van der Waals surface area contributed by atoms with Crippen LogP contribution in [0, 0.1) is 5.82 Å². The maximum Gasteiger partial charge on any atom is 0.216 e. The van der Waals surface area contributed by atoms with Gasteiger partial charge in [-0.05, 0) is 24.6 Å². The molecule has 88 valence electrons. The van der Waals surface area contributed by atoms with E-state index in [0.29, 0.717) is 18.8 Å². The van der Waals surface area contributed by atoms with Crippen LogP contribution in [0.4, 0.5) is 15.8 Å². The maximum absolute atomic E-state index is 13.0. The lowest BCUT2D eigenvalue weighted by Crippen LogP contribution is -2.22. The van der Waals surface area contributed by atoms with Gasteiger partial charge in [-0.1, -0.05) is 0 Å². The Morgan fingerprint density at radius 3 is 2.81 bits per heavy atom. The summed E-state index contributed by atoms with van der Waals surface area (Å²) < 4.78 is 13.0. The molecule has 16 heavy (non-hydrogen) atoms. The number of rotatable bonds is 5. The molecular weight excluding hydrogens is 209 g/mol. The zero-order chi connectivity index (χ0) is 12.0. The molecule has 1 amide bonds. The van der Waals surface area contributed by atoms with E-state index in [0.717, 1.165) is 6.42 Å². The van der Waals surface area contributed by atoms with Gasteiger partial charge in [-0.25, -0.2) is 4.39 Å². The largest absolute Gasteiger partial charge is 0.396 e. The molecule has 0 unspecified atom stereocenters. The summed E-state index contributed by atoms with van der Waals surface area (Å²) in [5.41, 5.74) is 6.18. The topological polar surface area (TPSA) is 67.2 Å². The third kappa shape index (κ3) is 4.16. The molecule has 0 fully saturated rings. The summed E-state index contributed by atoms with van der Waals surface area (Å²) in [6, 6.07) is 4.59. The molecule has 0 spiro atoms. The number of nitrogens with one attached hydrogen (secondary N) is 2. The molecule has 0 aromatic heterocycles. The van der Waals surface area contributed by atoms with E-state index in [4.69, 9.17) is 5.73 Å². The van der Waals surface area contributed by atoms with Crippen molar-refractivity contribution < 1.29 is 9.18 Å². The molecule has 0 atom stereocenters. The van der Waals surface area contributed by atoms with E-state index in [1.165, 1.54) is 19.1 Å². The Balaban J connectivity index is 2.27. The third-order valence-corrected chi connectivity index (χ3v) is 2.06. The van der Waals surface area contributed by atoms with Crippen molar-refractivity contribution >= 4 is 17.3 Å². The van der Waals surface area contributed by atoms with Gasteiger partial charge in [0.05, 0.1) is 5.69 Å². The Morgan fingerprint density at radius 2 is 2.19 bits per heavy atom. The number of amides is 1. The Hall–Kier alpha value is -1.78. The van der Waals surface area contributed by atoms with Gasteiger partial charge < -0.3 is 16.4 Å². The molecule has 0 heterocycles. The first-order valence-electron chi connectivity index (χ1n) is 5.13. The van der Waals surface area contributed by atoms with Crippen LogP contribution in [0.1, 0.15) is 13.3 Å². The van der Waals surface area contributed by atoms with Crippen molar-refractivity contribution in [2.24, 2.45) is 0 Å². The normalized spacial score (nSPS) is 9.88. The van der Waals surface area contributed by atoms with E-state index in [2.05, 4.69) is 10.6 Å². The number of benzene rings is 1. The number of nitrogens with two attached hydrogens (primary N) is 1. The van der Waals surface area contributed by atoms with E-state index < -0.39 is 5.82 Å². The first kappa shape index (κ1) is 12.3. The highest BCUT2D eigenvalue weighted by Crippen LogP contribution is 2.15. The van der Waals surface area contributed by atoms with Gasteiger partial charge in [0.15, 0.2) is 0 Å². The Morgan fingerprint density at radius 1 is 1.44 bits per heavy atom. The molecule has 5 heteroatoms. The molecule has 0 aliphatic rings. The van der Waals surface area contributed by atoms with E-state index >= 15 is 0 Å². The van der Waals surface area contributed by atoms with E-state index in [1.54, 1.807) is 6.07 Å². The Bertz CT molecular complexity index is 368. The average molecular weight is 225 g/mol. The van der Waals surface area contributed by atoms with Crippen LogP contribution in [0.5, 0.6) is 0 Å². The maximum atomic E-state index is 13.0. The van der Waals surface area contributed by atoms with Gasteiger partial charge in [-0.3, -0.25) is 4.79 Å². The van der Waals surface area contributed by atoms with E-state index in [-0.39, 0.29) is 11.6 Å². The first-order chi connectivity index (χ1) is 7.59. The van der Waals surface area contributed by atoms with Gasteiger partial charge >= 0.3 is 0 Å². The van der Waals surface area contributed by atoms with Crippen LogP contribution in [0.15, 0.2) is 18.2 Å². The number of hydrogen-bond donors (Lipinski definition) is 3. The highest BCUT2D eigenvalue weighted by Gasteiger charge is 1.99. The quantitative estimate of drug-likeness (QED) is 0.523. The van der Waals surface area contributed by atoms with Crippen molar-refractivity contribution in [1.82, 2.24) is 5.32 Å². The molecule has 1 aromatic rings. The number of carbonyl (C=O) groups is 1. The number of carbonyl (C=O) groups excluding carboxylic acids is 1.